The normalized spacial score (nSPS) is 14.4. The van der Waals surface area contributed by atoms with Gasteiger partial charge in [0.25, 0.3) is 0 Å². The number of phosphoric acid groups is 2. The van der Waals surface area contributed by atoms with Crippen LogP contribution in [0.2, 0.25) is 0 Å². The molecule has 0 amide bonds. The van der Waals surface area contributed by atoms with Crippen molar-refractivity contribution in [2.45, 2.75) is 238 Å². The number of hydrogen-bond donors (Lipinski definition) is 4. The van der Waals surface area contributed by atoms with Crippen LogP contribution in [0.25, 0.3) is 0 Å². The molecule has 0 aliphatic rings. The minimum atomic E-state index is -4.88. The first kappa shape index (κ1) is 63.3. The van der Waals surface area contributed by atoms with E-state index in [9.17, 15) is 33.5 Å². The Balaban J connectivity index is 4.42. The maximum absolute atomic E-state index is 12.7. The topological polar surface area (TPSA) is 212 Å². The number of hydrogen-bond acceptors (Lipinski definition) is 11. The number of phosphoric ester groups is 2. The highest BCUT2D eigenvalue weighted by molar-refractivity contribution is 7.47. The highest BCUT2D eigenvalue weighted by Crippen LogP contribution is 2.44. The zero-order valence-electron chi connectivity index (χ0n) is 40.8. The van der Waals surface area contributed by atoms with E-state index < -0.39 is 66.2 Å². The van der Waals surface area contributed by atoms with E-state index in [1.807, 2.05) is 6.08 Å². The standard InChI is InChI=1S/C49H92O14P2/c1-4-6-7-8-21-26-31-36-45(50)37-32-27-24-29-34-39-49(53)63-47(43-62-65(57,58)61-41-46(51)40-60-64(54,55)56)42-59-48(52)38-33-28-23-20-18-16-14-12-10-9-11-13-15-17-19-22-25-30-35-44(3)5-2/h21,26,31,36,44,46-47,51H,4-20,22-25,27-30,32-35,37-43H2,1-3H3,(H,57,58)(H2,54,55,56)/b26-21-,36-31+/t44?,46-,47+/m0/s1. The highest BCUT2D eigenvalue weighted by Gasteiger charge is 2.28. The van der Waals surface area contributed by atoms with Gasteiger partial charge in [-0.15, -0.1) is 0 Å². The molecule has 2 unspecified atom stereocenters. The summed E-state index contributed by atoms with van der Waals surface area (Å²) in [7, 11) is -9.72. The third-order valence-corrected chi connectivity index (χ3v) is 12.8. The zero-order chi connectivity index (χ0) is 48.3. The molecule has 14 nitrogen and oxygen atoms in total. The van der Waals surface area contributed by atoms with Gasteiger partial charge in [-0.25, -0.2) is 9.13 Å². The lowest BCUT2D eigenvalue weighted by Crippen LogP contribution is -2.30. The zero-order valence-corrected chi connectivity index (χ0v) is 42.6. The van der Waals surface area contributed by atoms with Crippen molar-refractivity contribution in [2.24, 2.45) is 5.92 Å². The molecule has 0 aliphatic heterocycles. The SMILES string of the molecule is CCCCC/C=C\C=C\C(=O)CCCCCCCC(=O)O[C@H](COC(=O)CCCCCCCCCCCCCCCCCCCCC(C)CC)COP(=O)(O)OC[C@@H](O)COP(=O)(O)O. The molecule has 0 aliphatic carbocycles. The Morgan fingerprint density at radius 3 is 1.51 bits per heavy atom. The number of ether oxygens (including phenoxy) is 2. The summed E-state index contributed by atoms with van der Waals surface area (Å²) in [6.07, 6.45) is 38.4. The first-order valence-electron chi connectivity index (χ1n) is 25.4. The Labute approximate surface area is 393 Å². The van der Waals surface area contributed by atoms with Crippen LogP contribution >= 0.6 is 15.6 Å². The van der Waals surface area contributed by atoms with E-state index in [-0.39, 0.29) is 18.6 Å². The van der Waals surface area contributed by atoms with E-state index >= 15 is 0 Å². The number of unbranched alkanes of at least 4 members (excludes halogenated alkanes) is 24. The number of ketones is 1. The Kier molecular flexibility index (Phi) is 42.4. The maximum Gasteiger partial charge on any atom is 0.472 e. The summed E-state index contributed by atoms with van der Waals surface area (Å²) >= 11 is 0. The lowest BCUT2D eigenvalue weighted by molar-refractivity contribution is -0.161. The molecule has 0 bridgehead atoms. The Morgan fingerprint density at radius 1 is 0.538 bits per heavy atom. The molecule has 0 rings (SSSR count). The smallest absolute Gasteiger partial charge is 0.462 e. The van der Waals surface area contributed by atoms with Gasteiger partial charge in [0.1, 0.15) is 12.7 Å². The number of allylic oxidation sites excluding steroid dienone is 4. The largest absolute Gasteiger partial charge is 0.472 e. The van der Waals surface area contributed by atoms with Gasteiger partial charge in [-0.3, -0.25) is 28.0 Å². The summed E-state index contributed by atoms with van der Waals surface area (Å²) in [5, 5.41) is 9.77. The summed E-state index contributed by atoms with van der Waals surface area (Å²) in [6, 6.07) is 0. The first-order chi connectivity index (χ1) is 31.2. The van der Waals surface area contributed by atoms with Gasteiger partial charge in [0.2, 0.25) is 0 Å². The van der Waals surface area contributed by atoms with Gasteiger partial charge >= 0.3 is 27.6 Å². The number of carbonyl (C=O) groups is 3. The van der Waals surface area contributed by atoms with E-state index in [2.05, 4.69) is 35.9 Å². The Morgan fingerprint density at radius 2 is 1.00 bits per heavy atom. The van der Waals surface area contributed by atoms with Gasteiger partial charge in [-0.05, 0) is 44.1 Å². The second-order valence-corrected chi connectivity index (χ2v) is 20.4. The molecule has 65 heavy (non-hydrogen) atoms. The van der Waals surface area contributed by atoms with Crippen LogP contribution in [0, 0.1) is 5.92 Å². The van der Waals surface area contributed by atoms with Crippen molar-refractivity contribution in [3.05, 3.63) is 24.3 Å². The van der Waals surface area contributed by atoms with Crippen LogP contribution in [0.4, 0.5) is 0 Å². The molecule has 0 spiro atoms. The van der Waals surface area contributed by atoms with Crippen LogP contribution in [0.1, 0.15) is 226 Å². The number of aliphatic hydroxyl groups is 1. The fourth-order valence-corrected chi connectivity index (χ4v) is 8.23. The highest BCUT2D eigenvalue weighted by atomic mass is 31.2. The molecular formula is C49H92O14P2. The van der Waals surface area contributed by atoms with Crippen molar-refractivity contribution in [1.29, 1.82) is 0 Å². The fourth-order valence-electron chi connectivity index (χ4n) is 7.07. The second kappa shape index (κ2) is 43.5. The molecule has 4 N–H and O–H groups in total. The van der Waals surface area contributed by atoms with Crippen molar-refractivity contribution in [2.75, 3.05) is 26.4 Å². The minimum absolute atomic E-state index is 0.0504. The molecule has 4 atom stereocenters. The van der Waals surface area contributed by atoms with Crippen LogP contribution in [-0.4, -0.2) is 76.1 Å². The minimum Gasteiger partial charge on any atom is -0.462 e. The third kappa shape index (κ3) is 47.1. The van der Waals surface area contributed by atoms with Crippen molar-refractivity contribution in [3.63, 3.8) is 0 Å². The van der Waals surface area contributed by atoms with Gasteiger partial charge < -0.3 is 29.3 Å². The van der Waals surface area contributed by atoms with Gasteiger partial charge in [0, 0.05) is 19.3 Å². The number of esters is 2. The molecule has 0 aromatic heterocycles. The predicted molar refractivity (Wildman–Crippen MR) is 258 cm³/mol. The maximum atomic E-state index is 12.7. The molecule has 16 heteroatoms. The van der Waals surface area contributed by atoms with E-state index in [1.54, 1.807) is 12.2 Å². The monoisotopic (exact) mass is 967 g/mol. The first-order valence-corrected chi connectivity index (χ1v) is 28.4. The molecule has 0 fully saturated rings. The molecule has 382 valence electrons. The van der Waals surface area contributed by atoms with E-state index in [1.165, 1.54) is 116 Å². The van der Waals surface area contributed by atoms with Gasteiger partial charge in [0.05, 0.1) is 19.8 Å². The summed E-state index contributed by atoms with van der Waals surface area (Å²) in [5.74, 6) is -0.154. The quantitative estimate of drug-likeness (QED) is 0.0147. The van der Waals surface area contributed by atoms with E-state index in [4.69, 9.17) is 23.8 Å². The van der Waals surface area contributed by atoms with Crippen LogP contribution in [0.3, 0.4) is 0 Å². The fraction of sp³-hybridized carbons (Fsp3) is 0.857. The molecule has 0 saturated heterocycles. The summed E-state index contributed by atoms with van der Waals surface area (Å²) in [4.78, 5) is 65.0. The van der Waals surface area contributed by atoms with Crippen molar-refractivity contribution in [3.8, 4) is 0 Å². The summed E-state index contributed by atoms with van der Waals surface area (Å²) in [6.45, 7) is 4.00. The van der Waals surface area contributed by atoms with Crippen LogP contribution in [0.15, 0.2) is 24.3 Å². The van der Waals surface area contributed by atoms with Crippen molar-refractivity contribution < 1.29 is 66.3 Å². The van der Waals surface area contributed by atoms with E-state index in [0.717, 1.165) is 63.7 Å². The predicted octanol–water partition coefficient (Wildman–Crippen LogP) is 12.9. The lowest BCUT2D eigenvalue weighted by Gasteiger charge is -2.20. The second-order valence-electron chi connectivity index (χ2n) is 17.7. The molecule has 0 aromatic carbocycles. The van der Waals surface area contributed by atoms with Gasteiger partial charge in [-0.1, -0.05) is 193 Å². The average Bonchev–Trinajstić information content (AvgIpc) is 3.26. The van der Waals surface area contributed by atoms with Crippen LogP contribution in [0.5, 0.6) is 0 Å². The number of rotatable bonds is 48. The van der Waals surface area contributed by atoms with Crippen molar-refractivity contribution in [1.82, 2.24) is 0 Å². The molecule has 0 saturated carbocycles. The van der Waals surface area contributed by atoms with Crippen LogP contribution in [-0.2, 0) is 46.6 Å². The third-order valence-electron chi connectivity index (χ3n) is 11.3. The lowest BCUT2D eigenvalue weighted by atomic mass is 9.99. The van der Waals surface area contributed by atoms with Gasteiger partial charge in [-0.2, -0.15) is 0 Å². The van der Waals surface area contributed by atoms with Crippen molar-refractivity contribution >= 4 is 33.4 Å². The molecule has 0 aromatic rings. The molecule has 0 radical (unpaired) electrons. The number of carbonyl (C=O) groups excluding carboxylic acids is 3. The Bertz CT molecular complexity index is 1320. The molecular weight excluding hydrogens is 874 g/mol. The summed E-state index contributed by atoms with van der Waals surface area (Å²) in [5.41, 5.74) is 0. The molecule has 0 heterocycles. The average molecular weight is 967 g/mol. The summed E-state index contributed by atoms with van der Waals surface area (Å²) < 4.78 is 47.8. The number of aliphatic hydroxyl groups excluding tert-OH is 1. The van der Waals surface area contributed by atoms with E-state index in [0.29, 0.717) is 19.3 Å². The van der Waals surface area contributed by atoms with Gasteiger partial charge in [0.15, 0.2) is 11.9 Å². The van der Waals surface area contributed by atoms with Crippen LogP contribution < -0.4 is 0 Å². The Hall–Kier alpha value is -1.73.